The summed E-state index contributed by atoms with van der Waals surface area (Å²) in [6.07, 6.45) is 0. The van der Waals surface area contributed by atoms with Crippen LogP contribution in [0.4, 0.5) is 0 Å². The van der Waals surface area contributed by atoms with Crippen molar-refractivity contribution in [1.29, 1.82) is 0 Å². The van der Waals surface area contributed by atoms with Gasteiger partial charge in [-0.25, -0.2) is 4.68 Å². The van der Waals surface area contributed by atoms with Gasteiger partial charge in [0.05, 0.1) is 32.2 Å². The Balaban J connectivity index is 2.47. The van der Waals surface area contributed by atoms with Crippen LogP contribution in [-0.4, -0.2) is 34.3 Å². The number of aliphatic hydroxyl groups excluding tert-OH is 1. The van der Waals surface area contributed by atoms with Crippen molar-refractivity contribution < 1.29 is 14.6 Å². The highest BCUT2D eigenvalue weighted by Gasteiger charge is 2.11. The summed E-state index contributed by atoms with van der Waals surface area (Å²) in [4.78, 5) is 0. The van der Waals surface area contributed by atoms with Crippen molar-refractivity contribution in [3.63, 3.8) is 0 Å². The molecule has 96 valence electrons. The second-order valence-electron chi connectivity index (χ2n) is 3.73. The highest BCUT2D eigenvalue weighted by atomic mass is 16.5. The van der Waals surface area contributed by atoms with Crippen molar-refractivity contribution in [2.24, 2.45) is 0 Å². The third-order valence-corrected chi connectivity index (χ3v) is 2.75. The van der Waals surface area contributed by atoms with Crippen molar-refractivity contribution in [3.05, 3.63) is 29.6 Å². The lowest BCUT2D eigenvalue weighted by Gasteiger charge is -2.10. The van der Waals surface area contributed by atoms with Gasteiger partial charge in [-0.1, -0.05) is 5.21 Å². The molecule has 6 heteroatoms. The average molecular weight is 249 g/mol. The maximum absolute atomic E-state index is 9.10. The molecular weight excluding hydrogens is 234 g/mol. The van der Waals surface area contributed by atoms with Gasteiger partial charge in [-0.3, -0.25) is 0 Å². The minimum atomic E-state index is -0.126. The van der Waals surface area contributed by atoms with E-state index in [-0.39, 0.29) is 6.61 Å². The molecule has 18 heavy (non-hydrogen) atoms. The zero-order valence-electron chi connectivity index (χ0n) is 10.5. The van der Waals surface area contributed by atoms with Crippen LogP contribution in [0.3, 0.4) is 0 Å². The van der Waals surface area contributed by atoms with E-state index in [1.807, 2.05) is 19.1 Å². The van der Waals surface area contributed by atoms with Crippen LogP contribution >= 0.6 is 0 Å². The van der Waals surface area contributed by atoms with Crippen LogP contribution in [0.25, 0.3) is 5.69 Å². The molecule has 0 fully saturated rings. The van der Waals surface area contributed by atoms with Gasteiger partial charge in [-0.2, -0.15) is 0 Å². The molecule has 0 aliphatic heterocycles. The van der Waals surface area contributed by atoms with Gasteiger partial charge in [-0.15, -0.1) is 5.10 Å². The summed E-state index contributed by atoms with van der Waals surface area (Å²) in [5, 5.41) is 17.0. The smallest absolute Gasteiger partial charge is 0.162 e. The quantitative estimate of drug-likeness (QED) is 0.878. The van der Waals surface area contributed by atoms with Gasteiger partial charge >= 0.3 is 0 Å². The number of hydrogen-bond donors (Lipinski definition) is 1. The monoisotopic (exact) mass is 249 g/mol. The first-order chi connectivity index (χ1) is 8.71. The highest BCUT2D eigenvalue weighted by Crippen LogP contribution is 2.29. The maximum atomic E-state index is 9.10. The molecule has 0 aliphatic carbocycles. The lowest BCUT2D eigenvalue weighted by atomic mass is 10.2. The van der Waals surface area contributed by atoms with Gasteiger partial charge in [0.1, 0.15) is 5.69 Å². The number of aromatic nitrogens is 3. The molecule has 0 spiro atoms. The van der Waals surface area contributed by atoms with Gasteiger partial charge in [0, 0.05) is 6.07 Å². The second kappa shape index (κ2) is 5.05. The zero-order valence-corrected chi connectivity index (χ0v) is 10.5. The van der Waals surface area contributed by atoms with E-state index in [4.69, 9.17) is 14.6 Å². The Morgan fingerprint density at radius 3 is 2.50 bits per heavy atom. The van der Waals surface area contributed by atoms with Crippen molar-refractivity contribution in [2.75, 3.05) is 14.2 Å². The first-order valence-corrected chi connectivity index (χ1v) is 5.45. The Morgan fingerprint density at radius 2 is 1.94 bits per heavy atom. The Hall–Kier alpha value is -2.08. The van der Waals surface area contributed by atoms with E-state index < -0.39 is 0 Å². The molecule has 1 aromatic heterocycles. The molecule has 0 atom stereocenters. The van der Waals surface area contributed by atoms with E-state index in [1.165, 1.54) is 0 Å². The highest BCUT2D eigenvalue weighted by molar-refractivity contribution is 5.49. The van der Waals surface area contributed by atoms with Crippen molar-refractivity contribution in [2.45, 2.75) is 13.5 Å². The fourth-order valence-electron chi connectivity index (χ4n) is 1.71. The second-order valence-corrected chi connectivity index (χ2v) is 3.73. The molecule has 0 radical (unpaired) electrons. The molecule has 1 aromatic carbocycles. The average Bonchev–Trinajstić information content (AvgIpc) is 2.79. The summed E-state index contributed by atoms with van der Waals surface area (Å²) in [6.45, 7) is 1.72. The minimum absolute atomic E-state index is 0.126. The summed E-state index contributed by atoms with van der Waals surface area (Å²) in [5.74, 6) is 1.27. The van der Waals surface area contributed by atoms with Crippen LogP contribution in [0, 0.1) is 6.92 Å². The van der Waals surface area contributed by atoms with Crippen molar-refractivity contribution >= 4 is 0 Å². The largest absolute Gasteiger partial charge is 0.493 e. The Bertz CT molecular complexity index is 551. The van der Waals surface area contributed by atoms with Gasteiger partial charge < -0.3 is 14.6 Å². The molecular formula is C12H15N3O3. The lowest BCUT2D eigenvalue weighted by Crippen LogP contribution is -2.01. The van der Waals surface area contributed by atoms with E-state index >= 15 is 0 Å². The summed E-state index contributed by atoms with van der Waals surface area (Å²) in [6, 6.07) is 5.46. The van der Waals surface area contributed by atoms with E-state index in [0.29, 0.717) is 17.2 Å². The van der Waals surface area contributed by atoms with Gasteiger partial charge in [0.25, 0.3) is 0 Å². The summed E-state index contributed by atoms with van der Waals surface area (Å²) in [7, 11) is 3.16. The molecule has 0 unspecified atom stereocenters. The molecule has 0 aliphatic rings. The van der Waals surface area contributed by atoms with Crippen LogP contribution in [0.1, 0.15) is 11.4 Å². The molecule has 0 bridgehead atoms. The van der Waals surface area contributed by atoms with E-state index in [1.54, 1.807) is 25.0 Å². The first kappa shape index (κ1) is 12.4. The number of benzene rings is 1. The minimum Gasteiger partial charge on any atom is -0.493 e. The number of methoxy groups -OCH3 is 2. The number of nitrogens with zero attached hydrogens (tertiary/aromatic N) is 3. The van der Waals surface area contributed by atoms with E-state index in [9.17, 15) is 0 Å². The number of hydrogen-bond acceptors (Lipinski definition) is 5. The van der Waals surface area contributed by atoms with Crippen LogP contribution < -0.4 is 9.47 Å². The normalized spacial score (nSPS) is 10.4. The predicted octanol–water partition coefficient (Wildman–Crippen LogP) is 1.09. The first-order valence-electron chi connectivity index (χ1n) is 5.45. The van der Waals surface area contributed by atoms with Gasteiger partial charge in [-0.05, 0) is 19.1 Å². The third kappa shape index (κ3) is 2.02. The van der Waals surface area contributed by atoms with Crippen LogP contribution in [-0.2, 0) is 6.61 Å². The van der Waals surface area contributed by atoms with E-state index in [0.717, 1.165) is 11.4 Å². The molecule has 1 heterocycles. The van der Waals surface area contributed by atoms with Crippen molar-refractivity contribution in [3.8, 4) is 17.2 Å². The number of aliphatic hydroxyl groups is 1. The SMILES string of the molecule is COc1ccc(-n2nnc(CO)c2C)cc1OC. The molecule has 0 saturated carbocycles. The van der Waals surface area contributed by atoms with E-state index in [2.05, 4.69) is 10.3 Å². The lowest BCUT2D eigenvalue weighted by molar-refractivity contribution is 0.276. The molecule has 1 N–H and O–H groups in total. The van der Waals surface area contributed by atoms with Crippen LogP contribution in [0.2, 0.25) is 0 Å². The standard InChI is InChI=1S/C12H15N3O3/c1-8-10(7-16)13-14-15(8)9-4-5-11(17-2)12(6-9)18-3/h4-6,16H,7H2,1-3H3. The molecule has 2 aromatic rings. The topological polar surface area (TPSA) is 69.4 Å². The summed E-state index contributed by atoms with van der Waals surface area (Å²) < 4.78 is 12.1. The van der Waals surface area contributed by atoms with Gasteiger partial charge in [0.15, 0.2) is 11.5 Å². The molecule has 0 saturated heterocycles. The van der Waals surface area contributed by atoms with Gasteiger partial charge in [0.2, 0.25) is 0 Å². The summed E-state index contributed by atoms with van der Waals surface area (Å²) >= 11 is 0. The number of ether oxygens (including phenoxy) is 2. The van der Waals surface area contributed by atoms with Crippen molar-refractivity contribution in [1.82, 2.24) is 15.0 Å². The molecule has 2 rings (SSSR count). The summed E-state index contributed by atoms with van der Waals surface area (Å²) in [5.41, 5.74) is 2.16. The molecule has 0 amide bonds. The fourth-order valence-corrected chi connectivity index (χ4v) is 1.71. The molecule has 6 nitrogen and oxygen atoms in total. The maximum Gasteiger partial charge on any atom is 0.162 e. The zero-order chi connectivity index (χ0) is 13.1. The Morgan fingerprint density at radius 1 is 1.22 bits per heavy atom. The van der Waals surface area contributed by atoms with Crippen LogP contribution in [0.5, 0.6) is 11.5 Å². The Kier molecular flexibility index (Phi) is 3.47. The Labute approximate surface area is 105 Å². The third-order valence-electron chi connectivity index (χ3n) is 2.75. The van der Waals surface area contributed by atoms with Crippen LogP contribution in [0.15, 0.2) is 18.2 Å². The predicted molar refractivity (Wildman–Crippen MR) is 65.1 cm³/mol. The fraction of sp³-hybridized carbons (Fsp3) is 0.333. The number of rotatable bonds is 4.